The number of anilines is 1. The summed E-state index contributed by atoms with van der Waals surface area (Å²) in [5.41, 5.74) is 7.93. The number of fused-ring (bicyclic) bond motifs is 1. The van der Waals surface area contributed by atoms with Gasteiger partial charge in [-0.2, -0.15) is 4.98 Å². The molecule has 0 spiro atoms. The Kier molecular flexibility index (Phi) is 5.13. The minimum atomic E-state index is -0.264. The van der Waals surface area contributed by atoms with Crippen LogP contribution in [0.1, 0.15) is 19.3 Å². The summed E-state index contributed by atoms with van der Waals surface area (Å²) in [6.07, 6.45) is 3.79. The fraction of sp³-hybridized carbons (Fsp3) is 0.400. The molecule has 142 valence electrons. The zero-order valence-corrected chi connectivity index (χ0v) is 16.3. The van der Waals surface area contributed by atoms with Crippen LogP contribution < -0.4 is 16.2 Å². The number of aromatic nitrogens is 2. The van der Waals surface area contributed by atoms with Crippen LogP contribution in [0.15, 0.2) is 34.4 Å². The molecular weight excluding hydrogens is 360 g/mol. The van der Waals surface area contributed by atoms with E-state index in [9.17, 15) is 4.79 Å². The van der Waals surface area contributed by atoms with E-state index in [2.05, 4.69) is 15.3 Å². The van der Waals surface area contributed by atoms with Crippen LogP contribution in [0.3, 0.4) is 0 Å². The Morgan fingerprint density at radius 2 is 1.89 bits per heavy atom. The summed E-state index contributed by atoms with van der Waals surface area (Å²) >= 11 is 1.55. The largest absolute Gasteiger partial charge is 0.497 e. The minimum absolute atomic E-state index is 0.264. The summed E-state index contributed by atoms with van der Waals surface area (Å²) in [4.78, 5) is 19.9. The van der Waals surface area contributed by atoms with E-state index < -0.39 is 0 Å². The molecule has 6 nitrogen and oxygen atoms in total. The maximum Gasteiger partial charge on any atom is 0.350 e. The first kappa shape index (κ1) is 18.0. The number of nitrogens with two attached hydrogens (primary N) is 1. The van der Waals surface area contributed by atoms with Crippen molar-refractivity contribution in [3.05, 3.63) is 40.1 Å². The molecule has 0 unspecified atom stereocenters. The van der Waals surface area contributed by atoms with Crippen molar-refractivity contribution in [3.8, 4) is 16.9 Å². The molecule has 1 aliphatic rings. The molecular formula is C20H24N4O2S. The maximum absolute atomic E-state index is 12.5. The number of methoxy groups -OCH3 is 1. The first-order chi connectivity index (χ1) is 13.2. The summed E-state index contributed by atoms with van der Waals surface area (Å²) in [5, 5.41) is 2.92. The molecule has 0 saturated carbocycles. The highest BCUT2D eigenvalue weighted by Crippen LogP contribution is 2.36. The van der Waals surface area contributed by atoms with Crippen LogP contribution >= 0.6 is 11.3 Å². The van der Waals surface area contributed by atoms with Crippen LogP contribution in [0.2, 0.25) is 0 Å². The summed E-state index contributed by atoms with van der Waals surface area (Å²) in [6, 6.07) is 7.86. The number of rotatable bonds is 5. The zero-order valence-electron chi connectivity index (χ0n) is 15.5. The fourth-order valence-electron chi connectivity index (χ4n) is 3.70. The first-order valence-electron chi connectivity index (χ1n) is 9.31. The number of thiophene rings is 1. The number of nitrogens with zero attached hydrogens (tertiary/aromatic N) is 3. The summed E-state index contributed by atoms with van der Waals surface area (Å²) in [6.45, 7) is 3.74. The standard InChI is InChI=1S/C20H24N4O2S/c1-26-15-7-5-14(6-8-15)16-13-27-19-17(16)18(21)22-20(25)24(19)12-11-23-9-3-2-4-10-23/h5-8,13H,2-4,9-12H2,1H3,(H2,21,22,25). The Balaban J connectivity index is 1.70. The van der Waals surface area contributed by atoms with Crippen LogP contribution in [0, 0.1) is 0 Å². The fourth-order valence-corrected chi connectivity index (χ4v) is 4.82. The highest BCUT2D eigenvalue weighted by atomic mass is 32.1. The van der Waals surface area contributed by atoms with E-state index in [4.69, 9.17) is 10.5 Å². The number of likely N-dealkylation sites (tertiary alicyclic amines) is 1. The molecule has 7 heteroatoms. The van der Waals surface area contributed by atoms with Crippen molar-refractivity contribution in [2.24, 2.45) is 0 Å². The molecule has 0 bridgehead atoms. The molecule has 4 rings (SSSR count). The van der Waals surface area contributed by atoms with Gasteiger partial charge in [-0.1, -0.05) is 18.6 Å². The lowest BCUT2D eigenvalue weighted by atomic mass is 10.1. The van der Waals surface area contributed by atoms with E-state index in [0.29, 0.717) is 12.4 Å². The Hall–Kier alpha value is -2.38. The van der Waals surface area contributed by atoms with Crippen LogP contribution in [0.4, 0.5) is 5.82 Å². The summed E-state index contributed by atoms with van der Waals surface area (Å²) < 4.78 is 7.01. The number of piperidine rings is 1. The molecule has 3 aromatic rings. The average molecular weight is 385 g/mol. The second-order valence-electron chi connectivity index (χ2n) is 6.89. The molecule has 0 aliphatic carbocycles. The van der Waals surface area contributed by atoms with Crippen molar-refractivity contribution < 1.29 is 4.74 Å². The van der Waals surface area contributed by atoms with E-state index in [1.807, 2.05) is 24.3 Å². The molecule has 2 N–H and O–H groups in total. The lowest BCUT2D eigenvalue weighted by molar-refractivity contribution is 0.221. The van der Waals surface area contributed by atoms with Gasteiger partial charge in [0.15, 0.2) is 0 Å². The second-order valence-corrected chi connectivity index (χ2v) is 7.75. The number of benzene rings is 1. The van der Waals surface area contributed by atoms with Crippen molar-refractivity contribution in [1.82, 2.24) is 14.5 Å². The van der Waals surface area contributed by atoms with Gasteiger partial charge in [-0.15, -0.1) is 11.3 Å². The average Bonchev–Trinajstić information content (AvgIpc) is 3.14. The van der Waals surface area contributed by atoms with Crippen molar-refractivity contribution in [2.75, 3.05) is 32.5 Å². The molecule has 1 fully saturated rings. The summed E-state index contributed by atoms with van der Waals surface area (Å²) in [7, 11) is 1.65. The maximum atomic E-state index is 12.5. The molecule has 2 aromatic heterocycles. The molecule has 1 aromatic carbocycles. The van der Waals surface area contributed by atoms with Crippen molar-refractivity contribution in [3.63, 3.8) is 0 Å². The van der Waals surface area contributed by atoms with Gasteiger partial charge in [0.2, 0.25) is 0 Å². The lowest BCUT2D eigenvalue weighted by Crippen LogP contribution is -2.35. The van der Waals surface area contributed by atoms with Crippen molar-refractivity contribution >= 4 is 27.4 Å². The van der Waals surface area contributed by atoms with E-state index in [0.717, 1.165) is 46.7 Å². The van der Waals surface area contributed by atoms with Gasteiger partial charge in [-0.25, -0.2) is 4.79 Å². The van der Waals surface area contributed by atoms with Crippen LogP contribution in [-0.2, 0) is 6.54 Å². The van der Waals surface area contributed by atoms with Gasteiger partial charge in [0.05, 0.1) is 12.5 Å². The van der Waals surface area contributed by atoms with Gasteiger partial charge in [-0.05, 0) is 43.6 Å². The topological polar surface area (TPSA) is 73.4 Å². The highest BCUT2D eigenvalue weighted by molar-refractivity contribution is 7.17. The normalized spacial score (nSPS) is 15.3. The Morgan fingerprint density at radius 3 is 2.59 bits per heavy atom. The van der Waals surface area contributed by atoms with Gasteiger partial charge in [-0.3, -0.25) is 4.57 Å². The first-order valence-corrected chi connectivity index (χ1v) is 10.2. The smallest absolute Gasteiger partial charge is 0.350 e. The Morgan fingerprint density at radius 1 is 1.15 bits per heavy atom. The number of hydrogen-bond donors (Lipinski definition) is 1. The molecule has 0 radical (unpaired) electrons. The zero-order chi connectivity index (χ0) is 18.8. The Bertz CT molecular complexity index is 988. The minimum Gasteiger partial charge on any atom is -0.497 e. The van der Waals surface area contributed by atoms with Crippen LogP contribution in [0.25, 0.3) is 21.3 Å². The second kappa shape index (κ2) is 7.70. The van der Waals surface area contributed by atoms with Gasteiger partial charge >= 0.3 is 5.69 Å². The third kappa shape index (κ3) is 3.57. The monoisotopic (exact) mass is 384 g/mol. The summed E-state index contributed by atoms with van der Waals surface area (Å²) in [5.74, 6) is 1.11. The predicted molar refractivity (Wildman–Crippen MR) is 111 cm³/mol. The third-order valence-corrected chi connectivity index (χ3v) is 6.21. The van der Waals surface area contributed by atoms with E-state index in [-0.39, 0.29) is 5.69 Å². The third-order valence-electron chi connectivity index (χ3n) is 5.21. The van der Waals surface area contributed by atoms with E-state index in [1.54, 1.807) is 23.0 Å². The van der Waals surface area contributed by atoms with E-state index >= 15 is 0 Å². The molecule has 27 heavy (non-hydrogen) atoms. The SMILES string of the molecule is COc1ccc(-c2csc3c2c(N)nc(=O)n3CCN2CCCCC2)cc1. The van der Waals surface area contributed by atoms with Crippen LogP contribution in [-0.4, -0.2) is 41.2 Å². The van der Waals surface area contributed by atoms with Gasteiger partial charge in [0, 0.05) is 24.0 Å². The Labute approximate surface area is 162 Å². The quantitative estimate of drug-likeness (QED) is 0.731. The van der Waals surface area contributed by atoms with E-state index in [1.165, 1.54) is 19.3 Å². The highest BCUT2D eigenvalue weighted by Gasteiger charge is 2.17. The molecule has 1 saturated heterocycles. The van der Waals surface area contributed by atoms with Crippen molar-refractivity contribution in [1.29, 1.82) is 0 Å². The number of hydrogen-bond acceptors (Lipinski definition) is 6. The lowest BCUT2D eigenvalue weighted by Gasteiger charge is -2.26. The van der Waals surface area contributed by atoms with Gasteiger partial charge < -0.3 is 15.4 Å². The van der Waals surface area contributed by atoms with Crippen LogP contribution in [0.5, 0.6) is 5.75 Å². The van der Waals surface area contributed by atoms with Crippen molar-refractivity contribution in [2.45, 2.75) is 25.8 Å². The molecule has 0 atom stereocenters. The molecule has 1 aliphatic heterocycles. The van der Waals surface area contributed by atoms with Gasteiger partial charge in [0.1, 0.15) is 16.4 Å². The molecule has 3 heterocycles. The van der Waals surface area contributed by atoms with Gasteiger partial charge in [0.25, 0.3) is 0 Å². The number of ether oxygens (including phenoxy) is 1. The molecule has 0 amide bonds. The number of nitrogen functional groups attached to an aromatic ring is 1. The predicted octanol–water partition coefficient (Wildman–Crippen LogP) is 3.20.